The monoisotopic (exact) mass is 463 g/mol. The van der Waals surface area contributed by atoms with Crippen molar-refractivity contribution in [2.45, 2.75) is 13.8 Å². The Balaban J connectivity index is 2.51. The second-order valence-electron chi connectivity index (χ2n) is 5.69. The Labute approximate surface area is 159 Å². The van der Waals surface area contributed by atoms with E-state index >= 15 is 0 Å². The van der Waals surface area contributed by atoms with Crippen LogP contribution in [0.15, 0.2) is 27.1 Å². The molecule has 0 saturated heterocycles. The summed E-state index contributed by atoms with van der Waals surface area (Å²) >= 11 is 6.53. The summed E-state index contributed by atoms with van der Waals surface area (Å²) in [4.78, 5) is 50.3. The van der Waals surface area contributed by atoms with Gasteiger partial charge < -0.3 is 5.73 Å². The van der Waals surface area contributed by atoms with Crippen molar-refractivity contribution in [2.75, 3.05) is 5.73 Å². The molecule has 2 aromatic rings. The number of anilines is 1. The zero-order valence-electron chi connectivity index (χ0n) is 13.2. The zero-order chi connectivity index (χ0) is 18.6. The van der Waals surface area contributed by atoms with Crippen LogP contribution in [0.4, 0.5) is 5.69 Å². The second kappa shape index (κ2) is 6.00. The first-order valence-electron chi connectivity index (χ1n) is 7.22. The zero-order valence-corrected chi connectivity index (χ0v) is 16.4. The summed E-state index contributed by atoms with van der Waals surface area (Å²) in [6.07, 6.45) is 0. The van der Waals surface area contributed by atoms with Gasteiger partial charge in [-0.2, -0.15) is 0 Å². The Hall–Kier alpha value is -2.12. The third-order valence-electron chi connectivity index (χ3n) is 4.10. The van der Waals surface area contributed by atoms with Crippen molar-refractivity contribution in [3.05, 3.63) is 60.5 Å². The lowest BCUT2D eigenvalue weighted by Gasteiger charge is -2.24. The number of nitrogen functional groups attached to an aromatic ring is 1. The van der Waals surface area contributed by atoms with Crippen LogP contribution in [0.5, 0.6) is 0 Å². The molecule has 1 aliphatic rings. The van der Waals surface area contributed by atoms with Gasteiger partial charge in [-0.05, 0) is 48.0 Å². The van der Waals surface area contributed by atoms with Crippen molar-refractivity contribution in [1.29, 1.82) is 0 Å². The van der Waals surface area contributed by atoms with Crippen molar-refractivity contribution in [3.63, 3.8) is 0 Å². The third kappa shape index (κ3) is 2.49. The van der Waals surface area contributed by atoms with Gasteiger partial charge in [0, 0.05) is 42.5 Å². The lowest BCUT2D eigenvalue weighted by Crippen LogP contribution is -2.27. The largest absolute Gasteiger partial charge is 0.398 e. The molecule has 3 rings (SSSR count). The first kappa shape index (κ1) is 17.7. The number of ketones is 4. The molecule has 1 aliphatic carbocycles. The van der Waals surface area contributed by atoms with Crippen molar-refractivity contribution in [2.24, 2.45) is 0 Å². The van der Waals surface area contributed by atoms with E-state index in [0.717, 1.165) is 0 Å². The van der Waals surface area contributed by atoms with Gasteiger partial charge in [0.2, 0.25) is 0 Å². The first-order valence-corrected chi connectivity index (χ1v) is 8.81. The molecule has 2 N–H and O–H groups in total. The first-order chi connectivity index (χ1) is 11.7. The van der Waals surface area contributed by atoms with Crippen LogP contribution in [-0.2, 0) is 0 Å². The third-order valence-corrected chi connectivity index (χ3v) is 5.39. The SMILES string of the molecule is CC(=O)c1ccc(Br)c2c1C(=O)c1c(Br)cc(N)c(C(C)=O)c1C2=O. The van der Waals surface area contributed by atoms with Crippen LogP contribution in [0.2, 0.25) is 0 Å². The van der Waals surface area contributed by atoms with Crippen molar-refractivity contribution >= 4 is 60.7 Å². The molecule has 0 unspecified atom stereocenters. The number of carbonyl (C=O) groups excluding carboxylic acids is 4. The van der Waals surface area contributed by atoms with Crippen LogP contribution in [0.25, 0.3) is 0 Å². The van der Waals surface area contributed by atoms with Crippen LogP contribution in [-0.4, -0.2) is 23.1 Å². The Morgan fingerprint density at radius 2 is 1.40 bits per heavy atom. The summed E-state index contributed by atoms with van der Waals surface area (Å²) in [6, 6.07) is 4.47. The molecule has 2 aromatic carbocycles. The number of carbonyl (C=O) groups is 4. The Morgan fingerprint density at radius 3 is 1.96 bits per heavy atom. The standard InChI is InChI=1S/C18H11Br2NO4/c1-6(22)8-3-4-9(19)14-13(8)17(24)15-10(20)5-11(21)12(7(2)23)16(15)18(14)25/h3-5H,21H2,1-2H3. The lowest BCUT2D eigenvalue weighted by molar-refractivity contribution is 0.0957. The molecule has 0 radical (unpaired) electrons. The van der Waals surface area contributed by atoms with E-state index in [1.165, 1.54) is 26.0 Å². The minimum Gasteiger partial charge on any atom is -0.398 e. The predicted octanol–water partition coefficient (Wildman–Crippen LogP) is 3.97. The van der Waals surface area contributed by atoms with Gasteiger partial charge in [0.15, 0.2) is 23.1 Å². The molecule has 7 heteroatoms. The maximum atomic E-state index is 13.2. The van der Waals surface area contributed by atoms with Crippen LogP contribution in [0.1, 0.15) is 66.4 Å². The van der Waals surface area contributed by atoms with Gasteiger partial charge in [0.1, 0.15) is 0 Å². The molecule has 0 aromatic heterocycles. The van der Waals surface area contributed by atoms with Gasteiger partial charge in [-0.15, -0.1) is 0 Å². The van der Waals surface area contributed by atoms with E-state index in [1.807, 2.05) is 0 Å². The molecular formula is C18H11Br2NO4. The minimum absolute atomic E-state index is 0.0160. The van der Waals surface area contributed by atoms with Gasteiger partial charge in [-0.3, -0.25) is 19.2 Å². The van der Waals surface area contributed by atoms with E-state index in [9.17, 15) is 19.2 Å². The smallest absolute Gasteiger partial charge is 0.196 e. The minimum atomic E-state index is -0.516. The highest BCUT2D eigenvalue weighted by atomic mass is 79.9. The average Bonchev–Trinajstić information content (AvgIpc) is 2.50. The highest BCUT2D eigenvalue weighted by Gasteiger charge is 2.38. The lowest BCUT2D eigenvalue weighted by atomic mass is 9.78. The molecule has 0 spiro atoms. The molecule has 25 heavy (non-hydrogen) atoms. The van der Waals surface area contributed by atoms with Gasteiger partial charge in [0.25, 0.3) is 0 Å². The molecular weight excluding hydrogens is 454 g/mol. The Morgan fingerprint density at radius 1 is 0.840 bits per heavy atom. The summed E-state index contributed by atoms with van der Waals surface area (Å²) in [6.45, 7) is 2.62. The van der Waals surface area contributed by atoms with Crippen molar-refractivity contribution < 1.29 is 19.2 Å². The second-order valence-corrected chi connectivity index (χ2v) is 7.40. The van der Waals surface area contributed by atoms with E-state index in [1.54, 1.807) is 6.07 Å². The van der Waals surface area contributed by atoms with E-state index < -0.39 is 17.3 Å². The molecule has 0 fully saturated rings. The number of Topliss-reactive ketones (excluding diaryl/α,β-unsaturated/α-hetero) is 2. The summed E-state index contributed by atoms with van der Waals surface area (Å²) < 4.78 is 0.688. The number of halogens is 2. The van der Waals surface area contributed by atoms with Gasteiger partial charge in [0.05, 0.1) is 5.56 Å². The van der Waals surface area contributed by atoms with Crippen molar-refractivity contribution in [3.8, 4) is 0 Å². The normalized spacial score (nSPS) is 12.6. The predicted molar refractivity (Wildman–Crippen MR) is 99.6 cm³/mol. The number of fused-ring (bicyclic) bond motifs is 2. The molecule has 0 heterocycles. The molecule has 0 atom stereocenters. The summed E-state index contributed by atoms with van der Waals surface area (Å²) in [7, 11) is 0. The summed E-state index contributed by atoms with van der Waals surface area (Å²) in [5, 5.41) is 0. The maximum absolute atomic E-state index is 13.2. The molecule has 0 amide bonds. The molecule has 126 valence electrons. The topological polar surface area (TPSA) is 94.3 Å². The Kier molecular flexibility index (Phi) is 4.25. The van der Waals surface area contributed by atoms with Gasteiger partial charge in [-0.25, -0.2) is 0 Å². The fourth-order valence-corrected chi connectivity index (χ4v) is 4.21. The van der Waals surface area contributed by atoms with E-state index in [4.69, 9.17) is 5.73 Å². The molecule has 0 bridgehead atoms. The van der Waals surface area contributed by atoms with Crippen LogP contribution < -0.4 is 5.73 Å². The maximum Gasteiger partial charge on any atom is 0.196 e. The highest BCUT2D eigenvalue weighted by molar-refractivity contribution is 9.10. The number of hydrogen-bond donors (Lipinski definition) is 1. The molecule has 0 aliphatic heterocycles. The fourth-order valence-electron chi connectivity index (χ4n) is 3.08. The van der Waals surface area contributed by atoms with Crippen LogP contribution in [0, 0.1) is 0 Å². The Bertz CT molecular complexity index is 1020. The number of hydrogen-bond acceptors (Lipinski definition) is 5. The number of nitrogens with two attached hydrogens (primary N) is 1. The summed E-state index contributed by atoms with van der Waals surface area (Å²) in [5.41, 5.74) is 6.34. The molecule has 0 saturated carbocycles. The average molecular weight is 465 g/mol. The van der Waals surface area contributed by atoms with E-state index in [-0.39, 0.29) is 44.9 Å². The van der Waals surface area contributed by atoms with E-state index in [0.29, 0.717) is 8.95 Å². The van der Waals surface area contributed by atoms with Gasteiger partial charge >= 0.3 is 0 Å². The fraction of sp³-hybridized carbons (Fsp3) is 0.111. The van der Waals surface area contributed by atoms with Crippen molar-refractivity contribution in [1.82, 2.24) is 0 Å². The van der Waals surface area contributed by atoms with Gasteiger partial charge in [-0.1, -0.05) is 15.9 Å². The number of rotatable bonds is 2. The molecule has 5 nitrogen and oxygen atoms in total. The van der Waals surface area contributed by atoms with Crippen LogP contribution >= 0.6 is 31.9 Å². The summed E-state index contributed by atoms with van der Waals surface area (Å²) in [5.74, 6) is -1.75. The highest BCUT2D eigenvalue weighted by Crippen LogP contribution is 2.40. The number of benzene rings is 2. The van der Waals surface area contributed by atoms with E-state index in [2.05, 4.69) is 31.9 Å². The quantitative estimate of drug-likeness (QED) is 0.457. The van der Waals surface area contributed by atoms with Crippen LogP contribution in [0.3, 0.4) is 0 Å².